The van der Waals surface area contributed by atoms with E-state index in [0.29, 0.717) is 5.75 Å². The highest BCUT2D eigenvalue weighted by atomic mass is 32.2. The maximum atomic E-state index is 10.8. The van der Waals surface area contributed by atoms with Crippen molar-refractivity contribution < 1.29 is 9.63 Å². The molecule has 0 radical (unpaired) electrons. The molecule has 0 aliphatic heterocycles. The second kappa shape index (κ2) is 8.68. The Kier molecular flexibility index (Phi) is 8.74. The highest BCUT2D eigenvalue weighted by Gasteiger charge is 1.98. The third-order valence-electron chi connectivity index (χ3n) is 1.26. The Morgan fingerprint density at radius 3 is 2.77 bits per heavy atom. The van der Waals surface area contributed by atoms with Crippen LogP contribution < -0.4 is 5.32 Å². The van der Waals surface area contributed by atoms with E-state index in [1.807, 2.05) is 7.05 Å². The van der Waals surface area contributed by atoms with Crippen LogP contribution in [0.25, 0.3) is 0 Å². The molecule has 13 heavy (non-hydrogen) atoms. The molecular weight excluding hydrogens is 208 g/mol. The fourth-order valence-corrected chi connectivity index (χ4v) is 2.28. The van der Waals surface area contributed by atoms with E-state index in [1.165, 1.54) is 0 Å². The van der Waals surface area contributed by atoms with Crippen molar-refractivity contribution in [1.82, 2.24) is 10.4 Å². The molecular formula is C7H16N2O2S2. The second-order valence-electron chi connectivity index (χ2n) is 2.28. The van der Waals surface area contributed by atoms with Crippen LogP contribution in [0.2, 0.25) is 0 Å². The Hall–Kier alpha value is 0.0900. The lowest BCUT2D eigenvalue weighted by Crippen LogP contribution is -2.20. The van der Waals surface area contributed by atoms with Crippen molar-refractivity contribution in [2.75, 3.05) is 37.9 Å². The van der Waals surface area contributed by atoms with Gasteiger partial charge < -0.3 is 10.2 Å². The standard InChI is InChI=1S/C7H16N2O2S2/c1-8-7(10)4-12-6-13-5-9(2)11-3/h4-6H2,1-3H3,(H,8,10). The molecule has 0 saturated carbocycles. The van der Waals surface area contributed by atoms with Gasteiger partial charge >= 0.3 is 0 Å². The summed E-state index contributed by atoms with van der Waals surface area (Å²) in [7, 11) is 5.16. The first kappa shape index (κ1) is 13.1. The first-order valence-electron chi connectivity index (χ1n) is 3.82. The molecule has 1 amide bonds. The smallest absolute Gasteiger partial charge is 0.229 e. The number of nitrogens with zero attached hydrogens (tertiary/aromatic N) is 1. The molecule has 0 rings (SSSR count). The zero-order valence-electron chi connectivity index (χ0n) is 8.20. The predicted octanol–water partition coefficient (Wildman–Crippen LogP) is 0.607. The second-order valence-corrected chi connectivity index (χ2v) is 4.59. The van der Waals surface area contributed by atoms with Gasteiger partial charge in [0, 0.05) is 19.2 Å². The monoisotopic (exact) mass is 224 g/mol. The largest absolute Gasteiger partial charge is 0.358 e. The summed E-state index contributed by atoms with van der Waals surface area (Å²) in [4.78, 5) is 15.7. The average molecular weight is 224 g/mol. The maximum absolute atomic E-state index is 10.8. The molecule has 0 heterocycles. The highest BCUT2D eigenvalue weighted by Crippen LogP contribution is 2.12. The molecule has 0 bridgehead atoms. The van der Waals surface area contributed by atoms with Crippen LogP contribution in [0, 0.1) is 0 Å². The van der Waals surface area contributed by atoms with E-state index in [9.17, 15) is 4.79 Å². The Labute approximate surface area is 87.7 Å². The normalized spacial score (nSPS) is 10.5. The molecule has 4 nitrogen and oxygen atoms in total. The van der Waals surface area contributed by atoms with Gasteiger partial charge in [-0.3, -0.25) is 4.79 Å². The summed E-state index contributed by atoms with van der Waals surface area (Å²) in [5.74, 6) is 1.42. The van der Waals surface area contributed by atoms with E-state index in [0.717, 1.165) is 11.0 Å². The Morgan fingerprint density at radius 2 is 2.23 bits per heavy atom. The molecule has 0 aliphatic rings. The summed E-state index contributed by atoms with van der Waals surface area (Å²) >= 11 is 3.33. The fraction of sp³-hybridized carbons (Fsp3) is 0.857. The topological polar surface area (TPSA) is 41.6 Å². The number of thioether (sulfide) groups is 2. The minimum Gasteiger partial charge on any atom is -0.358 e. The summed E-state index contributed by atoms with van der Waals surface area (Å²) < 4.78 is 0. The third kappa shape index (κ3) is 8.42. The number of carbonyl (C=O) groups is 1. The number of nitrogens with one attached hydrogen (secondary N) is 1. The molecule has 0 aromatic heterocycles. The first-order valence-corrected chi connectivity index (χ1v) is 6.13. The Morgan fingerprint density at radius 1 is 1.54 bits per heavy atom. The van der Waals surface area contributed by atoms with Crippen molar-refractivity contribution in [3.63, 3.8) is 0 Å². The van der Waals surface area contributed by atoms with E-state index >= 15 is 0 Å². The molecule has 0 aliphatic carbocycles. The quantitative estimate of drug-likeness (QED) is 0.390. The lowest BCUT2D eigenvalue weighted by atomic mass is 10.7. The number of hydroxylamine groups is 2. The van der Waals surface area contributed by atoms with Gasteiger partial charge in [0.25, 0.3) is 0 Å². The summed E-state index contributed by atoms with van der Waals surface area (Å²) in [6.45, 7) is 0. The first-order chi connectivity index (χ1) is 6.20. The minimum atomic E-state index is 0.0747. The average Bonchev–Trinajstić information content (AvgIpc) is 2.16. The SMILES string of the molecule is CNC(=O)CSCSCN(C)OC. The van der Waals surface area contributed by atoms with Crippen molar-refractivity contribution in [1.29, 1.82) is 0 Å². The summed E-state index contributed by atoms with van der Waals surface area (Å²) in [6, 6.07) is 0. The van der Waals surface area contributed by atoms with E-state index in [-0.39, 0.29) is 5.91 Å². The number of carbonyl (C=O) groups excluding carboxylic acids is 1. The van der Waals surface area contributed by atoms with Crippen LogP contribution >= 0.6 is 23.5 Å². The van der Waals surface area contributed by atoms with E-state index in [2.05, 4.69) is 5.32 Å². The van der Waals surface area contributed by atoms with Crippen molar-refractivity contribution in [2.45, 2.75) is 0 Å². The zero-order chi connectivity index (χ0) is 10.1. The van der Waals surface area contributed by atoms with Crippen LogP contribution in [0.3, 0.4) is 0 Å². The molecule has 0 spiro atoms. The Bertz CT molecular complexity index is 146. The van der Waals surface area contributed by atoms with Gasteiger partial charge in [0.05, 0.1) is 18.7 Å². The number of hydrogen-bond acceptors (Lipinski definition) is 5. The fourth-order valence-electron chi connectivity index (χ4n) is 0.484. The highest BCUT2D eigenvalue weighted by molar-refractivity contribution is 8.16. The van der Waals surface area contributed by atoms with Gasteiger partial charge in [0.1, 0.15) is 0 Å². The van der Waals surface area contributed by atoms with E-state index in [4.69, 9.17) is 4.84 Å². The molecule has 0 fully saturated rings. The van der Waals surface area contributed by atoms with Crippen molar-refractivity contribution in [2.24, 2.45) is 0 Å². The van der Waals surface area contributed by atoms with Crippen molar-refractivity contribution in [3.8, 4) is 0 Å². The molecule has 0 aromatic carbocycles. The van der Waals surface area contributed by atoms with Gasteiger partial charge in [-0.1, -0.05) is 0 Å². The summed E-state index contributed by atoms with van der Waals surface area (Å²) in [5.41, 5.74) is 0. The molecule has 0 unspecified atom stereocenters. The zero-order valence-corrected chi connectivity index (χ0v) is 9.83. The molecule has 1 N–H and O–H groups in total. The van der Waals surface area contributed by atoms with Gasteiger partial charge in [0.2, 0.25) is 5.91 Å². The van der Waals surface area contributed by atoms with E-state index in [1.54, 1.807) is 42.7 Å². The molecule has 0 atom stereocenters. The number of rotatable bonds is 7. The van der Waals surface area contributed by atoms with Gasteiger partial charge in [-0.05, 0) is 0 Å². The number of amides is 1. The maximum Gasteiger partial charge on any atom is 0.229 e. The van der Waals surface area contributed by atoms with Gasteiger partial charge in [-0.25, -0.2) is 0 Å². The molecule has 0 aromatic rings. The molecule has 6 heteroatoms. The molecule has 78 valence electrons. The third-order valence-corrected chi connectivity index (χ3v) is 3.61. The lowest BCUT2D eigenvalue weighted by Gasteiger charge is -2.11. The summed E-state index contributed by atoms with van der Waals surface area (Å²) in [5, 5.41) is 5.22. The Balaban J connectivity index is 3.12. The van der Waals surface area contributed by atoms with Crippen LogP contribution in [-0.4, -0.2) is 48.9 Å². The lowest BCUT2D eigenvalue weighted by molar-refractivity contribution is -0.118. The summed E-state index contributed by atoms with van der Waals surface area (Å²) in [6.07, 6.45) is 0. The van der Waals surface area contributed by atoms with Gasteiger partial charge in [-0.15, -0.1) is 23.5 Å². The predicted molar refractivity (Wildman–Crippen MR) is 58.6 cm³/mol. The van der Waals surface area contributed by atoms with E-state index < -0.39 is 0 Å². The van der Waals surface area contributed by atoms with Crippen molar-refractivity contribution >= 4 is 29.4 Å². The van der Waals surface area contributed by atoms with Gasteiger partial charge in [-0.2, -0.15) is 5.06 Å². The number of hydrogen-bond donors (Lipinski definition) is 1. The van der Waals surface area contributed by atoms with Crippen LogP contribution in [0.5, 0.6) is 0 Å². The van der Waals surface area contributed by atoms with Crippen LogP contribution in [0.1, 0.15) is 0 Å². The van der Waals surface area contributed by atoms with Crippen LogP contribution in [0.4, 0.5) is 0 Å². The van der Waals surface area contributed by atoms with Crippen molar-refractivity contribution in [3.05, 3.63) is 0 Å². The van der Waals surface area contributed by atoms with Gasteiger partial charge in [0.15, 0.2) is 0 Å². The van der Waals surface area contributed by atoms with Crippen LogP contribution in [0.15, 0.2) is 0 Å². The molecule has 0 saturated heterocycles. The minimum absolute atomic E-state index is 0.0747. The van der Waals surface area contributed by atoms with Crippen LogP contribution in [-0.2, 0) is 9.63 Å².